The third-order valence-corrected chi connectivity index (χ3v) is 2.97. The average Bonchev–Trinajstić information content (AvgIpc) is 2.39. The maximum Gasteiger partial charge on any atom is 0.0871 e. The first-order valence-electron chi connectivity index (χ1n) is 6.34. The summed E-state index contributed by atoms with van der Waals surface area (Å²) >= 11 is 0. The molecule has 99 valence electrons. The Morgan fingerprint density at radius 3 is 1.37 bits per heavy atom. The van der Waals surface area contributed by atoms with Crippen LogP contribution in [0.3, 0.4) is 0 Å². The van der Waals surface area contributed by atoms with Gasteiger partial charge in [-0.15, -0.1) is 0 Å². The first-order chi connectivity index (χ1) is 9.09. The number of hydrogen-bond donors (Lipinski definition) is 0. The van der Waals surface area contributed by atoms with Crippen LogP contribution in [-0.2, 0) is 0 Å². The Balaban J connectivity index is 2.37. The van der Waals surface area contributed by atoms with Crippen LogP contribution in [0.15, 0.2) is 48.5 Å². The highest BCUT2D eigenvalue weighted by Crippen LogP contribution is 2.32. The maximum atomic E-state index is 4.80. The number of rotatable bonds is 4. The van der Waals surface area contributed by atoms with E-state index in [1.54, 1.807) is 0 Å². The topological polar surface area (TPSA) is 20.6 Å². The third-order valence-electron chi connectivity index (χ3n) is 2.97. The fourth-order valence-corrected chi connectivity index (χ4v) is 2.00. The maximum absolute atomic E-state index is 4.80. The predicted molar refractivity (Wildman–Crippen MR) is 83.0 cm³/mol. The molecular formula is C16H20N3. The molecule has 0 heterocycles. The molecule has 0 aliphatic rings. The molecule has 0 unspecified atom stereocenters. The van der Waals surface area contributed by atoms with E-state index in [1.807, 2.05) is 64.6 Å². The van der Waals surface area contributed by atoms with Crippen molar-refractivity contribution >= 4 is 22.7 Å². The lowest BCUT2D eigenvalue weighted by Crippen LogP contribution is -2.12. The van der Waals surface area contributed by atoms with Crippen molar-refractivity contribution < 1.29 is 0 Å². The molecule has 0 N–H and O–H groups in total. The third kappa shape index (κ3) is 2.99. The largest absolute Gasteiger partial charge is 0.376 e. The van der Waals surface area contributed by atoms with E-state index >= 15 is 0 Å². The molecule has 1 radical (unpaired) electrons. The zero-order chi connectivity index (χ0) is 13.8. The Bertz CT molecular complexity index is 498. The van der Waals surface area contributed by atoms with Crippen molar-refractivity contribution in [1.29, 1.82) is 0 Å². The molecule has 0 atom stereocenters. The molecule has 2 rings (SSSR count). The van der Waals surface area contributed by atoms with Gasteiger partial charge in [-0.3, -0.25) is 0 Å². The highest BCUT2D eigenvalue weighted by Gasteiger charge is 2.09. The molecular weight excluding hydrogens is 234 g/mol. The van der Waals surface area contributed by atoms with Crippen LogP contribution in [0, 0.1) is 0 Å². The zero-order valence-electron chi connectivity index (χ0n) is 12.0. The van der Waals surface area contributed by atoms with Crippen LogP contribution in [0.5, 0.6) is 0 Å². The molecule has 3 heteroatoms. The number of para-hydroxylation sites is 4. The first kappa shape index (κ1) is 13.3. The molecule has 0 spiro atoms. The second-order valence-electron chi connectivity index (χ2n) is 4.88. The summed E-state index contributed by atoms with van der Waals surface area (Å²) in [4.78, 5) is 4.16. The van der Waals surface area contributed by atoms with Gasteiger partial charge in [0, 0.05) is 28.2 Å². The minimum atomic E-state index is 0.988. The van der Waals surface area contributed by atoms with Gasteiger partial charge in [0.15, 0.2) is 0 Å². The van der Waals surface area contributed by atoms with E-state index in [9.17, 15) is 0 Å². The monoisotopic (exact) mass is 254 g/mol. The van der Waals surface area contributed by atoms with Crippen LogP contribution in [0.1, 0.15) is 0 Å². The standard InChI is InChI=1S/C16H20N3/c1-18(2)15-11-7-5-9-13(15)17-14-10-6-8-12-16(14)19(3)4/h5-12H,1-4H3. The summed E-state index contributed by atoms with van der Waals surface area (Å²) in [5, 5.41) is 4.80. The first-order valence-corrected chi connectivity index (χ1v) is 6.34. The van der Waals surface area contributed by atoms with Gasteiger partial charge in [0.05, 0.1) is 22.7 Å². The lowest BCUT2D eigenvalue weighted by molar-refractivity contribution is 1.07. The fraction of sp³-hybridized carbons (Fsp3) is 0.250. The molecule has 0 aliphatic heterocycles. The molecule has 2 aromatic rings. The Morgan fingerprint density at radius 1 is 0.632 bits per heavy atom. The van der Waals surface area contributed by atoms with Crippen molar-refractivity contribution in [3.8, 4) is 0 Å². The van der Waals surface area contributed by atoms with E-state index in [2.05, 4.69) is 21.9 Å². The van der Waals surface area contributed by atoms with E-state index < -0.39 is 0 Å². The highest BCUT2D eigenvalue weighted by molar-refractivity contribution is 5.74. The van der Waals surface area contributed by atoms with Gasteiger partial charge < -0.3 is 9.80 Å². The average molecular weight is 254 g/mol. The summed E-state index contributed by atoms with van der Waals surface area (Å²) in [6.45, 7) is 0. The number of benzene rings is 2. The molecule has 0 bridgehead atoms. The van der Waals surface area contributed by atoms with Crippen LogP contribution < -0.4 is 15.1 Å². The van der Waals surface area contributed by atoms with E-state index in [-0.39, 0.29) is 0 Å². The van der Waals surface area contributed by atoms with Crippen molar-refractivity contribution in [2.24, 2.45) is 0 Å². The molecule has 0 aliphatic carbocycles. The molecule has 2 aromatic carbocycles. The van der Waals surface area contributed by atoms with E-state index in [0.29, 0.717) is 0 Å². The molecule has 0 fully saturated rings. The minimum absolute atomic E-state index is 0.988. The minimum Gasteiger partial charge on any atom is -0.376 e. The van der Waals surface area contributed by atoms with Crippen LogP contribution in [0.4, 0.5) is 22.7 Å². The van der Waals surface area contributed by atoms with Crippen molar-refractivity contribution in [2.75, 3.05) is 38.0 Å². The Morgan fingerprint density at radius 2 is 1.00 bits per heavy atom. The Hall–Kier alpha value is -2.16. The van der Waals surface area contributed by atoms with Crippen molar-refractivity contribution in [3.05, 3.63) is 48.5 Å². The molecule has 0 aromatic heterocycles. The lowest BCUT2D eigenvalue weighted by Gasteiger charge is -2.20. The SMILES string of the molecule is CN(C)c1ccccc1[N]c1ccccc1N(C)C. The number of hydrogen-bond acceptors (Lipinski definition) is 2. The highest BCUT2D eigenvalue weighted by atomic mass is 15.1. The quantitative estimate of drug-likeness (QED) is 0.833. The van der Waals surface area contributed by atoms with Crippen molar-refractivity contribution in [3.63, 3.8) is 0 Å². The number of nitrogens with zero attached hydrogens (tertiary/aromatic N) is 3. The van der Waals surface area contributed by atoms with Gasteiger partial charge in [-0.25, -0.2) is 5.32 Å². The second kappa shape index (κ2) is 5.65. The van der Waals surface area contributed by atoms with Crippen LogP contribution >= 0.6 is 0 Å². The van der Waals surface area contributed by atoms with Gasteiger partial charge in [0.25, 0.3) is 0 Å². The van der Waals surface area contributed by atoms with E-state index in [4.69, 9.17) is 5.32 Å². The van der Waals surface area contributed by atoms with Gasteiger partial charge in [0.1, 0.15) is 0 Å². The molecule has 0 saturated carbocycles. The second-order valence-corrected chi connectivity index (χ2v) is 4.88. The summed E-state index contributed by atoms with van der Waals surface area (Å²) in [6.07, 6.45) is 0. The summed E-state index contributed by atoms with van der Waals surface area (Å²) in [6, 6.07) is 16.4. The summed E-state index contributed by atoms with van der Waals surface area (Å²) in [7, 11) is 8.14. The lowest BCUT2D eigenvalue weighted by atomic mass is 10.2. The summed E-state index contributed by atoms with van der Waals surface area (Å²) in [5.74, 6) is 0. The van der Waals surface area contributed by atoms with Crippen molar-refractivity contribution in [2.45, 2.75) is 0 Å². The zero-order valence-corrected chi connectivity index (χ0v) is 12.0. The van der Waals surface area contributed by atoms with E-state index in [0.717, 1.165) is 22.7 Å². The van der Waals surface area contributed by atoms with Crippen LogP contribution in [0.2, 0.25) is 0 Å². The molecule has 19 heavy (non-hydrogen) atoms. The van der Waals surface area contributed by atoms with Crippen molar-refractivity contribution in [1.82, 2.24) is 5.32 Å². The summed E-state index contributed by atoms with van der Waals surface area (Å²) in [5.41, 5.74) is 4.22. The van der Waals surface area contributed by atoms with Gasteiger partial charge in [-0.1, -0.05) is 24.3 Å². The molecule has 0 saturated heterocycles. The molecule has 0 amide bonds. The molecule has 3 nitrogen and oxygen atoms in total. The fourth-order valence-electron chi connectivity index (χ4n) is 2.00. The predicted octanol–water partition coefficient (Wildman–Crippen LogP) is 3.39. The van der Waals surface area contributed by atoms with Gasteiger partial charge in [-0.2, -0.15) is 0 Å². The normalized spacial score (nSPS) is 10.1. The van der Waals surface area contributed by atoms with Gasteiger partial charge in [-0.05, 0) is 24.3 Å². The van der Waals surface area contributed by atoms with Gasteiger partial charge >= 0.3 is 0 Å². The number of anilines is 2. The van der Waals surface area contributed by atoms with E-state index in [1.165, 1.54) is 0 Å². The van der Waals surface area contributed by atoms with Crippen LogP contribution in [-0.4, -0.2) is 28.2 Å². The Labute approximate surface area is 115 Å². The Kier molecular flexibility index (Phi) is 3.95. The summed E-state index contributed by atoms with van der Waals surface area (Å²) < 4.78 is 0. The van der Waals surface area contributed by atoms with Gasteiger partial charge in [0.2, 0.25) is 0 Å². The smallest absolute Gasteiger partial charge is 0.0871 e. The van der Waals surface area contributed by atoms with Crippen LogP contribution in [0.25, 0.3) is 0 Å².